The first-order chi connectivity index (χ1) is 7.76. The first kappa shape index (κ1) is 13.2. The van der Waals surface area contributed by atoms with Gasteiger partial charge in [0.15, 0.2) is 0 Å². The molecule has 0 saturated carbocycles. The van der Waals surface area contributed by atoms with Crippen LogP contribution < -0.4 is 5.32 Å². The fourth-order valence-electron chi connectivity index (χ4n) is 1.84. The van der Waals surface area contributed by atoms with Crippen LogP contribution in [0.5, 0.6) is 0 Å². The molecule has 1 unspecified atom stereocenters. The molecule has 1 aromatic rings. The van der Waals surface area contributed by atoms with Crippen molar-refractivity contribution in [1.82, 2.24) is 15.5 Å². The average molecular weight is 225 g/mol. The summed E-state index contributed by atoms with van der Waals surface area (Å²) in [4.78, 5) is 0. The Morgan fingerprint density at radius 1 is 1.00 bits per heavy atom. The highest BCUT2D eigenvalue weighted by molar-refractivity contribution is 4.94. The summed E-state index contributed by atoms with van der Waals surface area (Å²) in [6.45, 7) is 9.43. The van der Waals surface area contributed by atoms with Crippen molar-refractivity contribution in [1.29, 1.82) is 0 Å². The van der Waals surface area contributed by atoms with E-state index in [1.807, 2.05) is 0 Å². The molecule has 0 bridgehead atoms. The molecule has 1 N–H and O–H groups in total. The van der Waals surface area contributed by atoms with Gasteiger partial charge in [0.25, 0.3) is 0 Å². The van der Waals surface area contributed by atoms with Crippen LogP contribution >= 0.6 is 0 Å². The van der Waals surface area contributed by atoms with Crippen LogP contribution in [0.3, 0.4) is 0 Å². The largest absolute Gasteiger partial charge is 0.423 e. The smallest absolute Gasteiger partial charge is 0.233 e. The maximum absolute atomic E-state index is 5.75. The van der Waals surface area contributed by atoms with Crippen molar-refractivity contribution in [3.63, 3.8) is 0 Å². The normalized spacial score (nSPS) is 13.3. The minimum absolute atomic E-state index is 0.195. The molecule has 0 aliphatic heterocycles. The van der Waals surface area contributed by atoms with E-state index < -0.39 is 0 Å². The first-order valence-electron chi connectivity index (χ1n) is 6.33. The van der Waals surface area contributed by atoms with Gasteiger partial charge in [-0.3, -0.25) is 0 Å². The highest BCUT2D eigenvalue weighted by Crippen LogP contribution is 2.24. The number of nitrogens with zero attached hydrogens (tertiary/aromatic N) is 2. The Balaban J connectivity index is 2.75. The summed E-state index contributed by atoms with van der Waals surface area (Å²) in [6.07, 6.45) is 3.07. The molecule has 4 nitrogen and oxygen atoms in total. The minimum Gasteiger partial charge on any atom is -0.423 e. The van der Waals surface area contributed by atoms with E-state index in [4.69, 9.17) is 4.42 Å². The quantitative estimate of drug-likeness (QED) is 0.775. The van der Waals surface area contributed by atoms with Crippen molar-refractivity contribution in [2.45, 2.75) is 58.9 Å². The minimum atomic E-state index is 0.195. The second-order valence-corrected chi connectivity index (χ2v) is 4.01. The van der Waals surface area contributed by atoms with Crippen LogP contribution in [0.15, 0.2) is 4.42 Å². The van der Waals surface area contributed by atoms with Crippen LogP contribution in [0.25, 0.3) is 0 Å². The second-order valence-electron chi connectivity index (χ2n) is 4.01. The molecule has 0 aromatic carbocycles. The lowest BCUT2D eigenvalue weighted by molar-refractivity contribution is 0.356. The Hall–Kier alpha value is -0.900. The topological polar surface area (TPSA) is 51.0 Å². The summed E-state index contributed by atoms with van der Waals surface area (Å²) < 4.78 is 5.75. The van der Waals surface area contributed by atoms with Gasteiger partial charge in [-0.05, 0) is 25.8 Å². The van der Waals surface area contributed by atoms with E-state index in [1.165, 1.54) is 0 Å². The van der Waals surface area contributed by atoms with Crippen molar-refractivity contribution < 1.29 is 4.42 Å². The predicted molar refractivity (Wildman–Crippen MR) is 64.3 cm³/mol. The molecule has 0 aliphatic rings. The van der Waals surface area contributed by atoms with E-state index in [-0.39, 0.29) is 6.04 Å². The van der Waals surface area contributed by atoms with E-state index in [2.05, 4.69) is 43.2 Å². The maximum Gasteiger partial charge on any atom is 0.233 e. The SMILES string of the molecule is CCNC(CC)c1nnc(C(CC)CC)o1. The fourth-order valence-corrected chi connectivity index (χ4v) is 1.84. The number of rotatable bonds is 7. The molecule has 92 valence electrons. The lowest BCUT2D eigenvalue weighted by Crippen LogP contribution is -2.20. The van der Waals surface area contributed by atoms with Gasteiger partial charge < -0.3 is 9.73 Å². The van der Waals surface area contributed by atoms with Gasteiger partial charge in [-0.25, -0.2) is 0 Å². The third-order valence-electron chi connectivity index (χ3n) is 2.95. The Kier molecular flexibility index (Phi) is 5.46. The Bertz CT molecular complexity index is 294. The zero-order chi connectivity index (χ0) is 12.0. The van der Waals surface area contributed by atoms with Crippen molar-refractivity contribution in [3.05, 3.63) is 11.8 Å². The van der Waals surface area contributed by atoms with Gasteiger partial charge in [0.05, 0.1) is 6.04 Å². The summed E-state index contributed by atoms with van der Waals surface area (Å²) in [6, 6.07) is 0.195. The van der Waals surface area contributed by atoms with E-state index in [0.717, 1.165) is 37.6 Å². The number of hydrogen-bond donors (Lipinski definition) is 1. The second kappa shape index (κ2) is 6.63. The van der Waals surface area contributed by atoms with Gasteiger partial charge in [-0.15, -0.1) is 10.2 Å². The molecule has 0 fully saturated rings. The van der Waals surface area contributed by atoms with Crippen LogP contribution in [0.2, 0.25) is 0 Å². The monoisotopic (exact) mass is 225 g/mol. The summed E-state index contributed by atoms with van der Waals surface area (Å²) >= 11 is 0. The van der Waals surface area contributed by atoms with Gasteiger partial charge in [0, 0.05) is 5.92 Å². The average Bonchev–Trinajstić information content (AvgIpc) is 2.77. The van der Waals surface area contributed by atoms with Gasteiger partial charge >= 0.3 is 0 Å². The highest BCUT2D eigenvalue weighted by atomic mass is 16.4. The lowest BCUT2D eigenvalue weighted by Gasteiger charge is -2.11. The number of nitrogens with one attached hydrogen (secondary N) is 1. The van der Waals surface area contributed by atoms with Crippen molar-refractivity contribution >= 4 is 0 Å². The predicted octanol–water partition coefficient (Wildman–Crippen LogP) is 3.03. The van der Waals surface area contributed by atoms with E-state index in [0.29, 0.717) is 5.92 Å². The molecule has 16 heavy (non-hydrogen) atoms. The third kappa shape index (κ3) is 3.04. The van der Waals surface area contributed by atoms with E-state index >= 15 is 0 Å². The molecule has 0 radical (unpaired) electrons. The molecule has 1 heterocycles. The van der Waals surface area contributed by atoms with Gasteiger partial charge in [-0.2, -0.15) is 0 Å². The van der Waals surface area contributed by atoms with Gasteiger partial charge in [0.1, 0.15) is 0 Å². The Labute approximate surface area is 97.8 Å². The Morgan fingerprint density at radius 3 is 2.12 bits per heavy atom. The van der Waals surface area contributed by atoms with Gasteiger partial charge in [-0.1, -0.05) is 27.7 Å². The van der Waals surface area contributed by atoms with Crippen molar-refractivity contribution in [2.24, 2.45) is 0 Å². The molecular weight excluding hydrogens is 202 g/mol. The van der Waals surface area contributed by atoms with Crippen LogP contribution in [0.1, 0.15) is 70.7 Å². The van der Waals surface area contributed by atoms with Crippen LogP contribution in [0, 0.1) is 0 Å². The molecule has 4 heteroatoms. The summed E-state index contributed by atoms with van der Waals surface area (Å²) in [5.74, 6) is 1.92. The third-order valence-corrected chi connectivity index (χ3v) is 2.95. The maximum atomic E-state index is 5.75. The molecule has 0 amide bonds. The fraction of sp³-hybridized carbons (Fsp3) is 0.833. The molecule has 0 aliphatic carbocycles. The molecular formula is C12H23N3O. The van der Waals surface area contributed by atoms with Crippen molar-refractivity contribution in [2.75, 3.05) is 6.54 Å². The molecule has 0 saturated heterocycles. The van der Waals surface area contributed by atoms with Gasteiger partial charge in [0.2, 0.25) is 11.8 Å². The Morgan fingerprint density at radius 2 is 1.62 bits per heavy atom. The summed E-state index contributed by atoms with van der Waals surface area (Å²) in [5.41, 5.74) is 0. The lowest BCUT2D eigenvalue weighted by atomic mass is 10.0. The zero-order valence-electron chi connectivity index (χ0n) is 10.8. The van der Waals surface area contributed by atoms with Crippen molar-refractivity contribution in [3.8, 4) is 0 Å². The summed E-state index contributed by atoms with van der Waals surface area (Å²) in [7, 11) is 0. The number of hydrogen-bond acceptors (Lipinski definition) is 4. The summed E-state index contributed by atoms with van der Waals surface area (Å²) in [5, 5.41) is 11.6. The molecule has 1 atom stereocenters. The van der Waals surface area contributed by atoms with E-state index in [1.54, 1.807) is 0 Å². The molecule has 0 spiro atoms. The van der Waals surface area contributed by atoms with Crippen LogP contribution in [0.4, 0.5) is 0 Å². The first-order valence-corrected chi connectivity index (χ1v) is 6.33. The standard InChI is InChI=1S/C12H23N3O/c1-5-9(6-2)11-14-15-12(16-11)10(7-3)13-8-4/h9-10,13H,5-8H2,1-4H3. The number of aromatic nitrogens is 2. The zero-order valence-corrected chi connectivity index (χ0v) is 10.8. The molecule has 1 rings (SSSR count). The highest BCUT2D eigenvalue weighted by Gasteiger charge is 2.19. The van der Waals surface area contributed by atoms with Crippen LogP contribution in [-0.4, -0.2) is 16.7 Å². The molecule has 1 aromatic heterocycles. The van der Waals surface area contributed by atoms with Crippen LogP contribution in [-0.2, 0) is 0 Å². The van der Waals surface area contributed by atoms with E-state index in [9.17, 15) is 0 Å².